The molecule has 178 valence electrons. The van der Waals surface area contributed by atoms with Crippen molar-refractivity contribution in [1.29, 1.82) is 0 Å². The Kier molecular flexibility index (Phi) is 7.12. The quantitative estimate of drug-likeness (QED) is 0.394. The minimum Gasteiger partial charge on any atom is -0.297 e. The maximum absolute atomic E-state index is 4.44. The third kappa shape index (κ3) is 5.39. The van der Waals surface area contributed by atoms with Crippen LogP contribution in [0.2, 0.25) is 0 Å². The number of aryl methyl sites for hydroxylation is 2. The van der Waals surface area contributed by atoms with Gasteiger partial charge in [-0.15, -0.1) is 5.10 Å². The number of aromatic nitrogens is 4. The molecule has 0 unspecified atom stereocenters. The van der Waals surface area contributed by atoms with Crippen LogP contribution in [0.25, 0.3) is 23.2 Å². The zero-order valence-corrected chi connectivity index (χ0v) is 20.5. The van der Waals surface area contributed by atoms with E-state index >= 15 is 0 Å². The summed E-state index contributed by atoms with van der Waals surface area (Å²) in [5.41, 5.74) is 6.98. The van der Waals surface area contributed by atoms with E-state index in [0.717, 1.165) is 67.5 Å². The number of nitrogens with zero attached hydrogens (tertiary/aromatic N) is 6. The van der Waals surface area contributed by atoms with E-state index in [1.165, 1.54) is 11.1 Å². The molecule has 0 spiro atoms. The number of tetrazole rings is 1. The SMILES string of the molecule is Cc1cccc(C)c1-n1nnnc1-c1ccccc1CN1CCN(CC=Cc2ccccc2)CC1. The standard InChI is InChI=1S/C29H32N6/c1-23-10-8-11-24(2)28(23)35-29(30-31-32-35)27-16-7-6-15-26(27)22-34-20-18-33(19-21-34)17-9-14-25-12-4-3-5-13-25/h3-16H,17-22H2,1-2H3. The lowest BCUT2D eigenvalue weighted by molar-refractivity contribution is 0.137. The molecule has 0 radical (unpaired) electrons. The second kappa shape index (κ2) is 10.8. The largest absolute Gasteiger partial charge is 0.297 e. The molecule has 6 heteroatoms. The van der Waals surface area contributed by atoms with Gasteiger partial charge in [-0.1, -0.05) is 84.9 Å². The third-order valence-corrected chi connectivity index (χ3v) is 6.71. The smallest absolute Gasteiger partial charge is 0.187 e. The fourth-order valence-electron chi connectivity index (χ4n) is 4.79. The van der Waals surface area contributed by atoms with E-state index in [2.05, 4.69) is 124 Å². The van der Waals surface area contributed by atoms with Gasteiger partial charge >= 0.3 is 0 Å². The molecule has 2 heterocycles. The molecule has 1 aliphatic rings. The van der Waals surface area contributed by atoms with Gasteiger partial charge in [-0.25, -0.2) is 0 Å². The monoisotopic (exact) mass is 464 g/mol. The summed E-state index contributed by atoms with van der Waals surface area (Å²) < 4.78 is 1.89. The predicted octanol–water partition coefficient (Wildman–Crippen LogP) is 4.78. The summed E-state index contributed by atoms with van der Waals surface area (Å²) in [5, 5.41) is 12.8. The number of hydrogen-bond donors (Lipinski definition) is 0. The van der Waals surface area contributed by atoms with E-state index in [-0.39, 0.29) is 0 Å². The molecular formula is C29H32N6. The average Bonchev–Trinajstić information content (AvgIpc) is 3.35. The van der Waals surface area contributed by atoms with Crippen LogP contribution >= 0.6 is 0 Å². The molecule has 0 amide bonds. The van der Waals surface area contributed by atoms with E-state index in [4.69, 9.17) is 0 Å². The molecule has 5 rings (SSSR count). The minimum atomic E-state index is 0.794. The Morgan fingerprint density at radius 3 is 2.23 bits per heavy atom. The molecule has 1 aromatic heterocycles. The summed E-state index contributed by atoms with van der Waals surface area (Å²) in [7, 11) is 0. The predicted molar refractivity (Wildman–Crippen MR) is 141 cm³/mol. The molecule has 0 saturated carbocycles. The van der Waals surface area contributed by atoms with Gasteiger partial charge in [0.25, 0.3) is 0 Å². The van der Waals surface area contributed by atoms with Gasteiger partial charge in [-0.3, -0.25) is 9.80 Å². The van der Waals surface area contributed by atoms with E-state index in [9.17, 15) is 0 Å². The van der Waals surface area contributed by atoms with Crippen molar-refractivity contribution >= 4 is 6.08 Å². The Morgan fingerprint density at radius 2 is 1.46 bits per heavy atom. The summed E-state index contributed by atoms with van der Waals surface area (Å²) in [6.07, 6.45) is 4.48. The number of para-hydroxylation sites is 1. The van der Waals surface area contributed by atoms with Gasteiger partial charge in [-0.05, 0) is 46.5 Å². The number of piperazine rings is 1. The minimum absolute atomic E-state index is 0.794. The summed E-state index contributed by atoms with van der Waals surface area (Å²) in [6, 6.07) is 25.3. The van der Waals surface area contributed by atoms with Gasteiger partial charge in [0.1, 0.15) is 0 Å². The number of hydrogen-bond acceptors (Lipinski definition) is 5. The lowest BCUT2D eigenvalue weighted by Gasteiger charge is -2.34. The molecule has 1 saturated heterocycles. The maximum atomic E-state index is 4.44. The average molecular weight is 465 g/mol. The Morgan fingerprint density at radius 1 is 0.771 bits per heavy atom. The van der Waals surface area contributed by atoms with Gasteiger partial charge < -0.3 is 0 Å². The molecule has 6 nitrogen and oxygen atoms in total. The summed E-state index contributed by atoms with van der Waals surface area (Å²) in [6.45, 7) is 10.3. The van der Waals surface area contributed by atoms with Crippen molar-refractivity contribution in [3.05, 3.63) is 101 Å². The highest BCUT2D eigenvalue weighted by Crippen LogP contribution is 2.27. The fourth-order valence-corrected chi connectivity index (χ4v) is 4.79. The van der Waals surface area contributed by atoms with Crippen molar-refractivity contribution in [3.63, 3.8) is 0 Å². The van der Waals surface area contributed by atoms with E-state index in [1.54, 1.807) is 0 Å². The maximum Gasteiger partial charge on any atom is 0.187 e. The molecule has 0 atom stereocenters. The Labute approximate surface area is 207 Å². The van der Waals surface area contributed by atoms with Crippen molar-refractivity contribution in [2.24, 2.45) is 0 Å². The molecular weight excluding hydrogens is 432 g/mol. The molecule has 3 aromatic carbocycles. The van der Waals surface area contributed by atoms with E-state index in [0.29, 0.717) is 0 Å². The second-order valence-electron chi connectivity index (χ2n) is 9.20. The topological polar surface area (TPSA) is 50.1 Å². The lowest BCUT2D eigenvalue weighted by atomic mass is 10.0. The zero-order chi connectivity index (χ0) is 24.0. The first-order valence-corrected chi connectivity index (χ1v) is 12.3. The van der Waals surface area contributed by atoms with Gasteiger partial charge in [0, 0.05) is 44.8 Å². The van der Waals surface area contributed by atoms with Crippen LogP contribution in [-0.4, -0.2) is 62.7 Å². The Balaban J connectivity index is 1.26. The van der Waals surface area contributed by atoms with Crippen LogP contribution in [-0.2, 0) is 6.54 Å². The van der Waals surface area contributed by atoms with Gasteiger partial charge in [0.2, 0.25) is 0 Å². The van der Waals surface area contributed by atoms with Crippen LogP contribution in [0, 0.1) is 13.8 Å². The second-order valence-corrected chi connectivity index (χ2v) is 9.20. The highest BCUT2D eigenvalue weighted by molar-refractivity contribution is 5.63. The van der Waals surface area contributed by atoms with Crippen LogP contribution < -0.4 is 0 Å². The van der Waals surface area contributed by atoms with Crippen LogP contribution in [0.15, 0.2) is 78.9 Å². The van der Waals surface area contributed by atoms with Crippen molar-refractivity contribution in [2.75, 3.05) is 32.7 Å². The highest BCUT2D eigenvalue weighted by Gasteiger charge is 2.20. The molecule has 0 aliphatic carbocycles. The first kappa shape index (κ1) is 23.1. The molecule has 4 aromatic rings. The van der Waals surface area contributed by atoms with Crippen LogP contribution in [0.5, 0.6) is 0 Å². The molecule has 0 bridgehead atoms. The molecule has 0 N–H and O–H groups in total. The summed E-state index contributed by atoms with van der Waals surface area (Å²) in [4.78, 5) is 5.05. The van der Waals surface area contributed by atoms with Crippen molar-refractivity contribution in [3.8, 4) is 17.1 Å². The normalized spacial score (nSPS) is 15.1. The first-order valence-electron chi connectivity index (χ1n) is 12.3. The molecule has 1 aliphatic heterocycles. The highest BCUT2D eigenvalue weighted by atomic mass is 15.5. The zero-order valence-electron chi connectivity index (χ0n) is 20.5. The summed E-state index contributed by atoms with van der Waals surface area (Å²) >= 11 is 0. The lowest BCUT2D eigenvalue weighted by Crippen LogP contribution is -2.45. The van der Waals surface area contributed by atoms with Crippen LogP contribution in [0.1, 0.15) is 22.3 Å². The Bertz CT molecular complexity index is 1270. The van der Waals surface area contributed by atoms with Crippen LogP contribution in [0.4, 0.5) is 0 Å². The Hall–Kier alpha value is -3.61. The van der Waals surface area contributed by atoms with Crippen LogP contribution in [0.3, 0.4) is 0 Å². The molecule has 35 heavy (non-hydrogen) atoms. The fraction of sp³-hybridized carbons (Fsp3) is 0.276. The van der Waals surface area contributed by atoms with Crippen molar-refractivity contribution in [2.45, 2.75) is 20.4 Å². The number of benzene rings is 3. The van der Waals surface area contributed by atoms with E-state index in [1.807, 2.05) is 4.68 Å². The van der Waals surface area contributed by atoms with Gasteiger partial charge in [-0.2, -0.15) is 4.68 Å². The van der Waals surface area contributed by atoms with Gasteiger partial charge in [0.05, 0.1) is 5.69 Å². The molecule has 1 fully saturated rings. The third-order valence-electron chi connectivity index (χ3n) is 6.71. The van der Waals surface area contributed by atoms with Crippen molar-refractivity contribution in [1.82, 2.24) is 30.0 Å². The van der Waals surface area contributed by atoms with Crippen molar-refractivity contribution < 1.29 is 0 Å². The first-order chi connectivity index (χ1) is 17.2. The number of rotatable bonds is 7. The van der Waals surface area contributed by atoms with Gasteiger partial charge in [0.15, 0.2) is 5.82 Å². The summed E-state index contributed by atoms with van der Waals surface area (Å²) in [5.74, 6) is 0.794. The van der Waals surface area contributed by atoms with E-state index < -0.39 is 0 Å².